The molecule has 0 bridgehead atoms. The molecule has 90 valence electrons. The van der Waals surface area contributed by atoms with Gasteiger partial charge in [-0.25, -0.2) is 0 Å². The third kappa shape index (κ3) is 6.56. The molecule has 0 aliphatic carbocycles. The maximum atomic E-state index is 5.26. The molecule has 0 fully saturated rings. The number of benzene rings is 1. The van der Waals surface area contributed by atoms with Crippen LogP contribution in [0.3, 0.4) is 0 Å². The Bertz CT molecular complexity index is 251. The van der Waals surface area contributed by atoms with Gasteiger partial charge in [0.2, 0.25) is 0 Å². The zero-order valence-corrected chi connectivity index (χ0v) is 9.95. The lowest BCUT2D eigenvalue weighted by Gasteiger charge is -2.06. The lowest BCUT2D eigenvalue weighted by Crippen LogP contribution is -2.16. The average molecular weight is 223 g/mol. The Labute approximate surface area is 97.8 Å². The molecule has 0 amide bonds. The molecule has 0 unspecified atom stereocenters. The predicted octanol–water partition coefficient (Wildman–Crippen LogP) is 2.18. The highest BCUT2D eigenvalue weighted by Gasteiger charge is 1.91. The normalized spacial score (nSPS) is 10.6. The quantitative estimate of drug-likeness (QED) is 0.514. The molecule has 0 radical (unpaired) electrons. The molecular formula is C13H21NO2. The molecule has 1 aromatic carbocycles. The van der Waals surface area contributed by atoms with Gasteiger partial charge in [0, 0.05) is 13.2 Å². The highest BCUT2D eigenvalue weighted by molar-refractivity contribution is 5.14. The van der Waals surface area contributed by atoms with Crippen molar-refractivity contribution in [3.8, 4) is 0 Å². The van der Waals surface area contributed by atoms with E-state index in [2.05, 4.69) is 29.6 Å². The fourth-order valence-corrected chi connectivity index (χ4v) is 1.33. The summed E-state index contributed by atoms with van der Waals surface area (Å²) in [5.74, 6) is 0. The van der Waals surface area contributed by atoms with Gasteiger partial charge >= 0.3 is 0 Å². The first-order valence-electron chi connectivity index (χ1n) is 5.83. The van der Waals surface area contributed by atoms with Crippen molar-refractivity contribution < 1.29 is 9.47 Å². The average Bonchev–Trinajstić information content (AvgIpc) is 2.34. The van der Waals surface area contributed by atoms with Crippen molar-refractivity contribution in [3.05, 3.63) is 35.9 Å². The summed E-state index contributed by atoms with van der Waals surface area (Å²) in [6, 6.07) is 10.4. The second-order valence-corrected chi connectivity index (χ2v) is 3.53. The third-order valence-corrected chi connectivity index (χ3v) is 2.18. The summed E-state index contributed by atoms with van der Waals surface area (Å²) < 4.78 is 10.3. The molecule has 1 N–H and O–H groups in total. The first-order valence-corrected chi connectivity index (χ1v) is 5.83. The van der Waals surface area contributed by atoms with E-state index in [9.17, 15) is 0 Å². The van der Waals surface area contributed by atoms with Crippen LogP contribution < -0.4 is 5.32 Å². The molecule has 1 rings (SSSR count). The summed E-state index contributed by atoms with van der Waals surface area (Å²) in [6.45, 7) is 5.74. The predicted molar refractivity (Wildman–Crippen MR) is 65.2 cm³/mol. The first kappa shape index (κ1) is 13.2. The van der Waals surface area contributed by atoms with Crippen LogP contribution in [0.1, 0.15) is 18.9 Å². The van der Waals surface area contributed by atoms with Crippen molar-refractivity contribution in [2.24, 2.45) is 0 Å². The van der Waals surface area contributed by atoms with E-state index < -0.39 is 0 Å². The Hall–Kier alpha value is -0.900. The van der Waals surface area contributed by atoms with Crippen LogP contribution in [0.4, 0.5) is 0 Å². The number of rotatable bonds is 9. The minimum Gasteiger partial charge on any atom is -0.356 e. The second kappa shape index (κ2) is 9.33. The van der Waals surface area contributed by atoms with Gasteiger partial charge in [0.05, 0.1) is 6.61 Å². The Morgan fingerprint density at radius 3 is 2.69 bits per heavy atom. The van der Waals surface area contributed by atoms with Gasteiger partial charge in [-0.2, -0.15) is 0 Å². The largest absolute Gasteiger partial charge is 0.356 e. The van der Waals surface area contributed by atoms with Crippen LogP contribution in [0.2, 0.25) is 0 Å². The summed E-state index contributed by atoms with van der Waals surface area (Å²) in [6.07, 6.45) is 1.01. The van der Waals surface area contributed by atoms with Crippen molar-refractivity contribution in [1.29, 1.82) is 0 Å². The van der Waals surface area contributed by atoms with Gasteiger partial charge in [-0.3, -0.25) is 0 Å². The van der Waals surface area contributed by atoms with Crippen molar-refractivity contribution in [2.75, 3.05) is 26.6 Å². The van der Waals surface area contributed by atoms with Crippen molar-refractivity contribution in [1.82, 2.24) is 5.32 Å². The van der Waals surface area contributed by atoms with E-state index in [1.54, 1.807) is 0 Å². The monoisotopic (exact) mass is 223 g/mol. The maximum absolute atomic E-state index is 5.26. The molecule has 1 aromatic rings. The standard InChI is InChI=1S/C13H21NO2/c1-2-15-12-16-10-6-9-14-11-13-7-4-3-5-8-13/h3-5,7-8,14H,2,6,9-12H2,1H3. The number of hydrogen-bond donors (Lipinski definition) is 1. The molecule has 3 heteroatoms. The molecule has 0 heterocycles. The number of hydrogen-bond acceptors (Lipinski definition) is 3. The molecule has 0 aliphatic heterocycles. The van der Waals surface area contributed by atoms with Crippen LogP contribution in [-0.4, -0.2) is 26.6 Å². The van der Waals surface area contributed by atoms with E-state index in [1.807, 2.05) is 13.0 Å². The van der Waals surface area contributed by atoms with E-state index >= 15 is 0 Å². The zero-order chi connectivity index (χ0) is 11.5. The minimum absolute atomic E-state index is 0.412. The lowest BCUT2D eigenvalue weighted by molar-refractivity contribution is -0.0496. The zero-order valence-electron chi connectivity index (χ0n) is 9.95. The summed E-state index contributed by atoms with van der Waals surface area (Å²) in [5.41, 5.74) is 1.32. The lowest BCUT2D eigenvalue weighted by atomic mass is 10.2. The van der Waals surface area contributed by atoms with Crippen LogP contribution in [0, 0.1) is 0 Å². The molecule has 0 aliphatic rings. The number of nitrogens with one attached hydrogen (secondary N) is 1. The third-order valence-electron chi connectivity index (χ3n) is 2.18. The molecule has 0 saturated heterocycles. The van der Waals surface area contributed by atoms with Crippen LogP contribution >= 0.6 is 0 Å². The topological polar surface area (TPSA) is 30.5 Å². The summed E-state index contributed by atoms with van der Waals surface area (Å²) in [5, 5.41) is 3.37. The van der Waals surface area contributed by atoms with Crippen LogP contribution in [0.15, 0.2) is 30.3 Å². The van der Waals surface area contributed by atoms with E-state index in [1.165, 1.54) is 5.56 Å². The molecule has 3 nitrogen and oxygen atoms in total. The molecule has 0 atom stereocenters. The second-order valence-electron chi connectivity index (χ2n) is 3.53. The summed E-state index contributed by atoms with van der Waals surface area (Å²) in [7, 11) is 0. The Balaban J connectivity index is 1.89. The Morgan fingerprint density at radius 1 is 1.12 bits per heavy atom. The molecule has 0 saturated carbocycles. The van der Waals surface area contributed by atoms with Gasteiger partial charge in [-0.15, -0.1) is 0 Å². The highest BCUT2D eigenvalue weighted by Crippen LogP contribution is 1.96. The van der Waals surface area contributed by atoms with Gasteiger partial charge in [0.15, 0.2) is 0 Å². The van der Waals surface area contributed by atoms with Gasteiger partial charge in [-0.05, 0) is 25.5 Å². The van der Waals surface area contributed by atoms with Gasteiger partial charge in [0.25, 0.3) is 0 Å². The van der Waals surface area contributed by atoms with E-state index in [4.69, 9.17) is 9.47 Å². The van der Waals surface area contributed by atoms with Gasteiger partial charge in [0.1, 0.15) is 6.79 Å². The van der Waals surface area contributed by atoms with Crippen LogP contribution in [0.5, 0.6) is 0 Å². The Kier molecular flexibility index (Phi) is 7.68. The van der Waals surface area contributed by atoms with Crippen molar-refractivity contribution >= 4 is 0 Å². The van der Waals surface area contributed by atoms with Crippen molar-refractivity contribution in [3.63, 3.8) is 0 Å². The highest BCUT2D eigenvalue weighted by atomic mass is 16.7. The smallest absolute Gasteiger partial charge is 0.146 e. The number of ether oxygens (including phenoxy) is 2. The van der Waals surface area contributed by atoms with Crippen molar-refractivity contribution in [2.45, 2.75) is 19.9 Å². The molecule has 16 heavy (non-hydrogen) atoms. The van der Waals surface area contributed by atoms with E-state index in [0.717, 1.165) is 26.1 Å². The SMILES string of the molecule is CCOCOCCCNCc1ccccc1. The van der Waals surface area contributed by atoms with Crippen LogP contribution in [0.25, 0.3) is 0 Å². The van der Waals surface area contributed by atoms with Crippen LogP contribution in [-0.2, 0) is 16.0 Å². The first-order chi connectivity index (χ1) is 7.93. The van der Waals surface area contributed by atoms with Gasteiger partial charge in [-0.1, -0.05) is 30.3 Å². The van der Waals surface area contributed by atoms with Gasteiger partial charge < -0.3 is 14.8 Å². The molecular weight excluding hydrogens is 202 g/mol. The minimum atomic E-state index is 0.412. The molecule has 0 spiro atoms. The Morgan fingerprint density at radius 2 is 1.94 bits per heavy atom. The summed E-state index contributed by atoms with van der Waals surface area (Å²) in [4.78, 5) is 0. The van der Waals surface area contributed by atoms with E-state index in [-0.39, 0.29) is 0 Å². The fraction of sp³-hybridized carbons (Fsp3) is 0.538. The maximum Gasteiger partial charge on any atom is 0.146 e. The molecule has 0 aromatic heterocycles. The van der Waals surface area contributed by atoms with E-state index in [0.29, 0.717) is 13.4 Å². The summed E-state index contributed by atoms with van der Waals surface area (Å²) >= 11 is 0. The fourth-order valence-electron chi connectivity index (χ4n) is 1.33.